The van der Waals surface area contributed by atoms with Crippen LogP contribution in [0.2, 0.25) is 0 Å². The maximum atomic E-state index is 5.99. The lowest BCUT2D eigenvalue weighted by Gasteiger charge is -2.27. The zero-order valence-electron chi connectivity index (χ0n) is 14.4. The SMILES string of the molecule is CC(C)NCCN(CCNC(C)C)CCN(N)C(C)C. The predicted octanol–water partition coefficient (Wildman–Crippen LogP) is 0.869. The monoisotopic (exact) mass is 287 g/mol. The van der Waals surface area contributed by atoms with E-state index in [-0.39, 0.29) is 0 Å². The highest BCUT2D eigenvalue weighted by Crippen LogP contribution is 1.93. The molecule has 0 aliphatic carbocycles. The van der Waals surface area contributed by atoms with Crippen molar-refractivity contribution in [3.63, 3.8) is 0 Å². The molecule has 0 fully saturated rings. The average molecular weight is 287 g/mol. The molecule has 5 nitrogen and oxygen atoms in total. The molecule has 0 amide bonds. The molecule has 20 heavy (non-hydrogen) atoms. The summed E-state index contributed by atoms with van der Waals surface area (Å²) >= 11 is 0. The fourth-order valence-electron chi connectivity index (χ4n) is 1.87. The number of hydrogen-bond acceptors (Lipinski definition) is 5. The second-order valence-electron chi connectivity index (χ2n) is 6.39. The molecule has 5 heteroatoms. The number of hydrazine groups is 1. The van der Waals surface area contributed by atoms with Crippen molar-refractivity contribution in [3.05, 3.63) is 0 Å². The number of rotatable bonds is 12. The largest absolute Gasteiger partial charge is 0.313 e. The standard InChI is InChI=1S/C15H37N5/c1-13(2)17-7-9-19(10-8-18-14(3)4)11-12-20(16)15(5)6/h13-15,17-18H,7-12,16H2,1-6H3. The highest BCUT2D eigenvalue weighted by Gasteiger charge is 2.09. The lowest BCUT2D eigenvalue weighted by molar-refractivity contribution is 0.177. The molecule has 4 N–H and O–H groups in total. The number of nitrogens with two attached hydrogens (primary N) is 1. The number of nitrogens with one attached hydrogen (secondary N) is 2. The summed E-state index contributed by atoms with van der Waals surface area (Å²) in [5.74, 6) is 5.99. The second kappa shape index (κ2) is 11.5. The molecule has 0 saturated carbocycles. The quantitative estimate of drug-likeness (QED) is 0.367. The molecule has 0 rings (SSSR count). The van der Waals surface area contributed by atoms with Crippen molar-refractivity contribution < 1.29 is 0 Å². The molecule has 0 heterocycles. The summed E-state index contributed by atoms with van der Waals surface area (Å²) in [5, 5.41) is 8.87. The first-order valence-corrected chi connectivity index (χ1v) is 8.03. The van der Waals surface area contributed by atoms with Crippen molar-refractivity contribution in [1.82, 2.24) is 20.5 Å². The fourth-order valence-corrected chi connectivity index (χ4v) is 1.87. The third-order valence-electron chi connectivity index (χ3n) is 3.30. The first kappa shape index (κ1) is 19.8. The summed E-state index contributed by atoms with van der Waals surface area (Å²) in [6, 6.07) is 1.50. The Balaban J connectivity index is 4.03. The van der Waals surface area contributed by atoms with Gasteiger partial charge in [-0.3, -0.25) is 10.7 Å². The minimum atomic E-state index is 0.402. The van der Waals surface area contributed by atoms with Crippen LogP contribution in [0.4, 0.5) is 0 Å². The van der Waals surface area contributed by atoms with Crippen LogP contribution >= 0.6 is 0 Å². The highest BCUT2D eigenvalue weighted by molar-refractivity contribution is 4.66. The van der Waals surface area contributed by atoms with E-state index in [1.54, 1.807) is 0 Å². The van der Waals surface area contributed by atoms with E-state index < -0.39 is 0 Å². The van der Waals surface area contributed by atoms with E-state index in [1.165, 1.54) is 0 Å². The van der Waals surface area contributed by atoms with E-state index in [0.29, 0.717) is 18.1 Å². The Morgan fingerprint density at radius 3 is 1.55 bits per heavy atom. The van der Waals surface area contributed by atoms with Gasteiger partial charge in [0.05, 0.1) is 0 Å². The van der Waals surface area contributed by atoms with Crippen LogP contribution in [0.3, 0.4) is 0 Å². The first-order chi connectivity index (χ1) is 9.32. The van der Waals surface area contributed by atoms with E-state index in [9.17, 15) is 0 Å². The summed E-state index contributed by atoms with van der Waals surface area (Å²) in [5.41, 5.74) is 0. The number of nitrogens with zero attached hydrogens (tertiary/aromatic N) is 2. The van der Waals surface area contributed by atoms with Crippen LogP contribution in [0, 0.1) is 0 Å². The van der Waals surface area contributed by atoms with Gasteiger partial charge >= 0.3 is 0 Å². The Morgan fingerprint density at radius 1 is 0.750 bits per heavy atom. The van der Waals surface area contributed by atoms with Gasteiger partial charge < -0.3 is 10.6 Å². The Kier molecular flexibility index (Phi) is 11.3. The lowest BCUT2D eigenvalue weighted by atomic mass is 10.3. The molecule has 0 aromatic heterocycles. The van der Waals surface area contributed by atoms with E-state index in [2.05, 4.69) is 57.1 Å². The van der Waals surface area contributed by atoms with Crippen molar-refractivity contribution in [3.8, 4) is 0 Å². The minimum absolute atomic E-state index is 0.402. The first-order valence-electron chi connectivity index (χ1n) is 8.03. The van der Waals surface area contributed by atoms with Gasteiger partial charge in [-0.1, -0.05) is 27.7 Å². The lowest BCUT2D eigenvalue weighted by Crippen LogP contribution is -2.46. The van der Waals surface area contributed by atoms with Crippen LogP contribution in [0.1, 0.15) is 41.5 Å². The summed E-state index contributed by atoms with van der Waals surface area (Å²) in [6.45, 7) is 19.2. The molecule has 0 aliphatic heterocycles. The van der Waals surface area contributed by atoms with E-state index in [1.807, 2.05) is 5.01 Å². The van der Waals surface area contributed by atoms with E-state index in [4.69, 9.17) is 5.84 Å². The molecule has 0 bridgehead atoms. The molecular weight excluding hydrogens is 250 g/mol. The number of hydrogen-bond donors (Lipinski definition) is 3. The Labute approximate surface area is 126 Å². The predicted molar refractivity (Wildman–Crippen MR) is 88.7 cm³/mol. The summed E-state index contributed by atoms with van der Waals surface area (Å²) in [6.07, 6.45) is 0. The average Bonchev–Trinajstić information content (AvgIpc) is 2.33. The summed E-state index contributed by atoms with van der Waals surface area (Å²) in [7, 11) is 0. The van der Waals surface area contributed by atoms with Crippen molar-refractivity contribution in [2.75, 3.05) is 39.3 Å². The van der Waals surface area contributed by atoms with Gasteiger partial charge in [-0.15, -0.1) is 0 Å². The van der Waals surface area contributed by atoms with Crippen molar-refractivity contribution in [2.24, 2.45) is 5.84 Å². The Hall–Kier alpha value is -0.200. The van der Waals surface area contributed by atoms with Gasteiger partial charge in [0.15, 0.2) is 0 Å². The van der Waals surface area contributed by atoms with Crippen LogP contribution in [0.15, 0.2) is 0 Å². The summed E-state index contributed by atoms with van der Waals surface area (Å²) in [4.78, 5) is 2.48. The molecule has 0 aliphatic rings. The molecule has 0 radical (unpaired) electrons. The molecule has 0 aromatic rings. The van der Waals surface area contributed by atoms with Crippen LogP contribution in [0.5, 0.6) is 0 Å². The highest BCUT2D eigenvalue weighted by atomic mass is 15.4. The van der Waals surface area contributed by atoms with Gasteiger partial charge in [0.1, 0.15) is 0 Å². The third kappa shape index (κ3) is 11.6. The zero-order chi connectivity index (χ0) is 15.5. The maximum absolute atomic E-state index is 5.99. The van der Waals surface area contributed by atoms with E-state index in [0.717, 1.165) is 39.3 Å². The molecule has 0 unspecified atom stereocenters. The molecular formula is C15H37N5. The van der Waals surface area contributed by atoms with Gasteiger partial charge in [0, 0.05) is 57.4 Å². The normalized spacial score (nSPS) is 12.6. The van der Waals surface area contributed by atoms with Gasteiger partial charge in [-0.2, -0.15) is 0 Å². The van der Waals surface area contributed by atoms with Crippen LogP contribution in [-0.2, 0) is 0 Å². The van der Waals surface area contributed by atoms with Crippen LogP contribution in [0.25, 0.3) is 0 Å². The maximum Gasteiger partial charge on any atom is 0.0259 e. The third-order valence-corrected chi connectivity index (χ3v) is 3.30. The molecule has 0 atom stereocenters. The van der Waals surface area contributed by atoms with Gasteiger partial charge in [-0.25, -0.2) is 5.01 Å². The van der Waals surface area contributed by atoms with Crippen molar-refractivity contribution >= 4 is 0 Å². The summed E-state index contributed by atoms with van der Waals surface area (Å²) < 4.78 is 0. The molecule has 0 aromatic carbocycles. The smallest absolute Gasteiger partial charge is 0.0259 e. The zero-order valence-corrected chi connectivity index (χ0v) is 14.4. The van der Waals surface area contributed by atoms with E-state index >= 15 is 0 Å². The second-order valence-corrected chi connectivity index (χ2v) is 6.39. The van der Waals surface area contributed by atoms with Crippen LogP contribution < -0.4 is 16.5 Å². The topological polar surface area (TPSA) is 56.6 Å². The molecule has 0 spiro atoms. The molecule has 0 saturated heterocycles. The van der Waals surface area contributed by atoms with Crippen molar-refractivity contribution in [2.45, 2.75) is 59.7 Å². The molecule has 122 valence electrons. The Morgan fingerprint density at radius 2 is 1.20 bits per heavy atom. The van der Waals surface area contributed by atoms with Crippen molar-refractivity contribution in [1.29, 1.82) is 0 Å². The van der Waals surface area contributed by atoms with Gasteiger partial charge in [0.2, 0.25) is 0 Å². The Bertz CT molecular complexity index is 204. The fraction of sp³-hybridized carbons (Fsp3) is 1.00. The van der Waals surface area contributed by atoms with Gasteiger partial charge in [0.25, 0.3) is 0 Å². The minimum Gasteiger partial charge on any atom is -0.313 e. The van der Waals surface area contributed by atoms with Gasteiger partial charge in [-0.05, 0) is 13.8 Å². The van der Waals surface area contributed by atoms with Crippen LogP contribution in [-0.4, -0.2) is 67.3 Å².